The predicted molar refractivity (Wildman–Crippen MR) is 61.8 cm³/mol. The Morgan fingerprint density at radius 3 is 3.00 bits per heavy atom. The summed E-state index contributed by atoms with van der Waals surface area (Å²) < 4.78 is 2.03. The number of rotatable bonds is 3. The fraction of sp³-hybridized carbons (Fsp3) is 0.417. The molecule has 1 aromatic heterocycles. The van der Waals surface area contributed by atoms with Crippen LogP contribution in [0.15, 0.2) is 24.5 Å². The summed E-state index contributed by atoms with van der Waals surface area (Å²) in [6.45, 7) is 0.603. The summed E-state index contributed by atoms with van der Waals surface area (Å²) in [6.07, 6.45) is 4.15. The lowest BCUT2D eigenvalue weighted by atomic mass is 9.96. The summed E-state index contributed by atoms with van der Waals surface area (Å²) in [4.78, 5) is 9.19. The predicted octanol–water partition coefficient (Wildman–Crippen LogP) is 1.50. The van der Waals surface area contributed by atoms with Gasteiger partial charge in [0.2, 0.25) is 0 Å². The standard InChI is InChI=1S/C12H15N3O/c1-15-8-14-10-6-9(2-3-11(10)15)12(4-5-12)7-16-13/h2-3,6,8H,4-5,7,13H2,1H3. The van der Waals surface area contributed by atoms with Gasteiger partial charge in [-0.05, 0) is 30.5 Å². The Labute approximate surface area is 94.0 Å². The van der Waals surface area contributed by atoms with Crippen LogP contribution in [0.5, 0.6) is 0 Å². The van der Waals surface area contributed by atoms with Gasteiger partial charge >= 0.3 is 0 Å². The average molecular weight is 217 g/mol. The van der Waals surface area contributed by atoms with Gasteiger partial charge in [0.1, 0.15) is 0 Å². The monoisotopic (exact) mass is 217 g/mol. The number of fused-ring (bicyclic) bond motifs is 1. The molecule has 1 aromatic carbocycles. The summed E-state index contributed by atoms with van der Waals surface area (Å²) in [5.41, 5.74) is 3.65. The molecule has 4 heteroatoms. The zero-order chi connectivity index (χ0) is 11.2. The van der Waals surface area contributed by atoms with Crippen LogP contribution >= 0.6 is 0 Å². The fourth-order valence-electron chi connectivity index (χ4n) is 2.29. The maximum Gasteiger partial charge on any atom is 0.0955 e. The zero-order valence-corrected chi connectivity index (χ0v) is 9.31. The molecule has 2 N–H and O–H groups in total. The summed E-state index contributed by atoms with van der Waals surface area (Å²) in [5, 5.41) is 0. The number of nitrogens with zero attached hydrogens (tertiary/aromatic N) is 2. The first-order valence-electron chi connectivity index (χ1n) is 5.48. The maximum absolute atomic E-state index is 5.19. The van der Waals surface area contributed by atoms with Crippen LogP contribution in [-0.4, -0.2) is 16.2 Å². The molecule has 1 saturated carbocycles. The summed E-state index contributed by atoms with van der Waals surface area (Å²) in [7, 11) is 2.00. The quantitative estimate of drug-likeness (QED) is 0.792. The Hall–Kier alpha value is -1.39. The van der Waals surface area contributed by atoms with Gasteiger partial charge in [-0.15, -0.1) is 0 Å². The third-order valence-electron chi connectivity index (χ3n) is 3.55. The van der Waals surface area contributed by atoms with E-state index in [-0.39, 0.29) is 5.41 Å². The lowest BCUT2D eigenvalue weighted by Gasteiger charge is -2.13. The number of imidazole rings is 1. The molecule has 2 aromatic rings. The van der Waals surface area contributed by atoms with E-state index in [4.69, 9.17) is 10.7 Å². The Morgan fingerprint density at radius 1 is 1.50 bits per heavy atom. The average Bonchev–Trinajstić information content (AvgIpc) is 2.99. The number of aromatic nitrogens is 2. The molecule has 1 aliphatic rings. The van der Waals surface area contributed by atoms with Crippen molar-refractivity contribution in [1.82, 2.24) is 9.55 Å². The maximum atomic E-state index is 5.19. The van der Waals surface area contributed by atoms with Crippen molar-refractivity contribution in [2.24, 2.45) is 12.9 Å². The van der Waals surface area contributed by atoms with Crippen LogP contribution in [0.4, 0.5) is 0 Å². The van der Waals surface area contributed by atoms with Crippen LogP contribution in [0.3, 0.4) is 0 Å². The summed E-state index contributed by atoms with van der Waals surface area (Å²) in [5.74, 6) is 5.19. The minimum Gasteiger partial charge on any atom is -0.334 e. The van der Waals surface area contributed by atoms with E-state index >= 15 is 0 Å². The number of hydrogen-bond acceptors (Lipinski definition) is 3. The molecule has 16 heavy (non-hydrogen) atoms. The first kappa shape index (κ1) is 9.81. The van der Waals surface area contributed by atoms with Gasteiger partial charge in [0.25, 0.3) is 0 Å². The van der Waals surface area contributed by atoms with Crippen LogP contribution in [-0.2, 0) is 17.3 Å². The lowest BCUT2D eigenvalue weighted by Crippen LogP contribution is -2.17. The molecular formula is C12H15N3O. The fourth-order valence-corrected chi connectivity index (χ4v) is 2.29. The Bertz CT molecular complexity index is 528. The van der Waals surface area contributed by atoms with Crippen molar-refractivity contribution >= 4 is 11.0 Å². The topological polar surface area (TPSA) is 53.1 Å². The second-order valence-electron chi connectivity index (χ2n) is 4.65. The van der Waals surface area contributed by atoms with Crippen LogP contribution in [0.2, 0.25) is 0 Å². The highest BCUT2D eigenvalue weighted by atomic mass is 16.6. The van der Waals surface area contributed by atoms with Crippen molar-refractivity contribution < 1.29 is 4.84 Å². The van der Waals surface area contributed by atoms with Crippen molar-refractivity contribution in [3.63, 3.8) is 0 Å². The molecule has 0 radical (unpaired) electrons. The highest BCUT2D eigenvalue weighted by molar-refractivity contribution is 5.76. The van der Waals surface area contributed by atoms with E-state index in [1.165, 1.54) is 5.56 Å². The van der Waals surface area contributed by atoms with E-state index in [1.807, 2.05) is 17.9 Å². The third kappa shape index (κ3) is 1.34. The lowest BCUT2D eigenvalue weighted by molar-refractivity contribution is 0.116. The van der Waals surface area contributed by atoms with Gasteiger partial charge in [-0.1, -0.05) is 6.07 Å². The van der Waals surface area contributed by atoms with Crippen LogP contribution < -0.4 is 5.90 Å². The molecule has 1 aliphatic carbocycles. The normalized spacial score (nSPS) is 17.9. The first-order valence-corrected chi connectivity index (χ1v) is 5.48. The van der Waals surface area contributed by atoms with Gasteiger partial charge in [-0.2, -0.15) is 0 Å². The Balaban J connectivity index is 2.05. The molecule has 84 valence electrons. The summed E-state index contributed by atoms with van der Waals surface area (Å²) in [6, 6.07) is 6.44. The van der Waals surface area contributed by atoms with Gasteiger partial charge in [0.05, 0.1) is 24.0 Å². The molecule has 0 saturated heterocycles. The van der Waals surface area contributed by atoms with Gasteiger partial charge in [-0.25, -0.2) is 10.9 Å². The molecule has 0 bridgehead atoms. The van der Waals surface area contributed by atoms with E-state index < -0.39 is 0 Å². The highest BCUT2D eigenvalue weighted by Crippen LogP contribution is 2.48. The zero-order valence-electron chi connectivity index (χ0n) is 9.31. The molecular weight excluding hydrogens is 202 g/mol. The van der Waals surface area contributed by atoms with Crippen molar-refractivity contribution in [2.75, 3.05) is 6.61 Å². The number of aryl methyl sites for hydroxylation is 1. The van der Waals surface area contributed by atoms with Gasteiger partial charge in [-0.3, -0.25) is 0 Å². The van der Waals surface area contributed by atoms with Gasteiger partial charge in [0, 0.05) is 12.5 Å². The van der Waals surface area contributed by atoms with Crippen LogP contribution in [0.1, 0.15) is 18.4 Å². The van der Waals surface area contributed by atoms with E-state index in [9.17, 15) is 0 Å². The molecule has 0 unspecified atom stereocenters. The molecule has 4 nitrogen and oxygen atoms in total. The molecule has 3 rings (SSSR count). The molecule has 0 amide bonds. The second-order valence-corrected chi connectivity index (χ2v) is 4.65. The molecule has 0 atom stereocenters. The molecule has 1 fully saturated rings. The summed E-state index contributed by atoms with van der Waals surface area (Å²) >= 11 is 0. The van der Waals surface area contributed by atoms with Crippen LogP contribution in [0.25, 0.3) is 11.0 Å². The third-order valence-corrected chi connectivity index (χ3v) is 3.55. The largest absolute Gasteiger partial charge is 0.334 e. The van der Waals surface area contributed by atoms with Crippen molar-refractivity contribution in [3.05, 3.63) is 30.1 Å². The second kappa shape index (κ2) is 3.30. The van der Waals surface area contributed by atoms with Crippen molar-refractivity contribution in [1.29, 1.82) is 0 Å². The van der Waals surface area contributed by atoms with E-state index in [2.05, 4.69) is 23.2 Å². The van der Waals surface area contributed by atoms with Gasteiger partial charge < -0.3 is 9.40 Å². The number of benzene rings is 1. The first-order chi connectivity index (χ1) is 7.75. The van der Waals surface area contributed by atoms with Crippen molar-refractivity contribution in [3.8, 4) is 0 Å². The van der Waals surface area contributed by atoms with Crippen LogP contribution in [0, 0.1) is 0 Å². The number of hydrogen-bond donors (Lipinski definition) is 1. The van der Waals surface area contributed by atoms with E-state index in [0.717, 1.165) is 23.9 Å². The highest BCUT2D eigenvalue weighted by Gasteiger charge is 2.44. The molecule has 1 heterocycles. The molecule has 0 aliphatic heterocycles. The van der Waals surface area contributed by atoms with Gasteiger partial charge in [0.15, 0.2) is 0 Å². The molecule has 0 spiro atoms. The SMILES string of the molecule is Cn1cnc2cc(C3(CON)CC3)ccc21. The number of nitrogens with two attached hydrogens (primary N) is 1. The van der Waals surface area contributed by atoms with E-state index in [1.54, 1.807) is 0 Å². The smallest absolute Gasteiger partial charge is 0.0955 e. The Kier molecular flexibility index (Phi) is 2.02. The minimum atomic E-state index is 0.153. The van der Waals surface area contributed by atoms with E-state index in [0.29, 0.717) is 6.61 Å². The minimum absolute atomic E-state index is 0.153. The van der Waals surface area contributed by atoms with Crippen molar-refractivity contribution in [2.45, 2.75) is 18.3 Å². The Morgan fingerprint density at radius 2 is 2.31 bits per heavy atom.